The molecule has 17 heavy (non-hydrogen) atoms. The van der Waals surface area contributed by atoms with Crippen LogP contribution in [-0.2, 0) is 7.05 Å². The maximum Gasteiger partial charge on any atom is 0.0797 e. The van der Waals surface area contributed by atoms with Crippen molar-refractivity contribution in [3.8, 4) is 0 Å². The second kappa shape index (κ2) is 4.81. The van der Waals surface area contributed by atoms with Crippen LogP contribution < -0.4 is 5.73 Å². The summed E-state index contributed by atoms with van der Waals surface area (Å²) in [6, 6.07) is 2.18. The van der Waals surface area contributed by atoms with Gasteiger partial charge in [0.25, 0.3) is 0 Å². The fourth-order valence-corrected chi connectivity index (χ4v) is 3.45. The second-order valence-electron chi connectivity index (χ2n) is 6.06. The first-order valence-electron chi connectivity index (χ1n) is 6.79. The van der Waals surface area contributed by atoms with Crippen LogP contribution in [0.1, 0.15) is 57.7 Å². The van der Waals surface area contributed by atoms with Crippen molar-refractivity contribution >= 4 is 0 Å². The molecule has 2 rings (SSSR count). The first-order chi connectivity index (χ1) is 8.03. The Morgan fingerprint density at radius 3 is 2.53 bits per heavy atom. The standard InChI is InChI=1S/C14H25N3/c1-11(2)10-14(7-4-5-8-14)13(15)12-6-9-17(3)16-12/h6,9,11,13H,4-5,7-8,10,15H2,1-3H3. The van der Waals surface area contributed by atoms with E-state index < -0.39 is 0 Å². The van der Waals surface area contributed by atoms with Crippen LogP contribution in [0.5, 0.6) is 0 Å². The van der Waals surface area contributed by atoms with Gasteiger partial charge >= 0.3 is 0 Å². The third-order valence-electron chi connectivity index (χ3n) is 4.13. The smallest absolute Gasteiger partial charge is 0.0797 e. The maximum absolute atomic E-state index is 6.52. The maximum atomic E-state index is 6.52. The number of nitrogens with two attached hydrogens (primary N) is 1. The van der Waals surface area contributed by atoms with Gasteiger partial charge in [-0.15, -0.1) is 0 Å². The third kappa shape index (κ3) is 2.54. The highest BCUT2D eigenvalue weighted by Gasteiger charge is 2.41. The van der Waals surface area contributed by atoms with Crippen molar-refractivity contribution in [2.75, 3.05) is 0 Å². The molecule has 3 nitrogen and oxygen atoms in total. The first kappa shape index (κ1) is 12.6. The molecule has 1 heterocycles. The quantitative estimate of drug-likeness (QED) is 0.871. The largest absolute Gasteiger partial charge is 0.322 e. The van der Waals surface area contributed by atoms with Gasteiger partial charge in [0.05, 0.1) is 11.7 Å². The van der Waals surface area contributed by atoms with Crippen LogP contribution in [0.4, 0.5) is 0 Å². The highest BCUT2D eigenvalue weighted by Crippen LogP contribution is 2.50. The predicted octanol–water partition coefficient (Wildman–Crippen LogP) is 3.03. The van der Waals surface area contributed by atoms with Crippen LogP contribution >= 0.6 is 0 Å². The van der Waals surface area contributed by atoms with Crippen molar-refractivity contribution in [3.63, 3.8) is 0 Å². The van der Waals surface area contributed by atoms with Gasteiger partial charge in [0, 0.05) is 13.2 Å². The monoisotopic (exact) mass is 235 g/mol. The Balaban J connectivity index is 2.21. The van der Waals surface area contributed by atoms with E-state index in [2.05, 4.69) is 25.0 Å². The van der Waals surface area contributed by atoms with Crippen molar-refractivity contribution in [1.29, 1.82) is 0 Å². The summed E-state index contributed by atoms with van der Waals surface area (Å²) in [6.45, 7) is 4.59. The molecule has 1 aliphatic rings. The summed E-state index contributed by atoms with van der Waals surface area (Å²) in [4.78, 5) is 0. The van der Waals surface area contributed by atoms with Crippen LogP contribution in [-0.4, -0.2) is 9.78 Å². The molecule has 1 aliphatic carbocycles. The number of hydrogen-bond acceptors (Lipinski definition) is 2. The zero-order valence-electron chi connectivity index (χ0n) is 11.3. The highest BCUT2D eigenvalue weighted by molar-refractivity contribution is 5.11. The first-order valence-corrected chi connectivity index (χ1v) is 6.79. The van der Waals surface area contributed by atoms with Gasteiger partial charge in [-0.2, -0.15) is 5.10 Å². The van der Waals surface area contributed by atoms with Gasteiger partial charge < -0.3 is 5.73 Å². The Bertz CT molecular complexity index is 361. The SMILES string of the molecule is CC(C)CC1(C(N)c2ccn(C)n2)CCCC1. The molecule has 0 aromatic carbocycles. The number of hydrogen-bond donors (Lipinski definition) is 1. The van der Waals surface area contributed by atoms with Gasteiger partial charge in [-0.05, 0) is 36.7 Å². The topological polar surface area (TPSA) is 43.8 Å². The lowest BCUT2D eigenvalue weighted by Gasteiger charge is -2.36. The average molecular weight is 235 g/mol. The lowest BCUT2D eigenvalue weighted by molar-refractivity contribution is 0.180. The second-order valence-corrected chi connectivity index (χ2v) is 6.06. The summed E-state index contributed by atoms with van der Waals surface area (Å²) in [5.41, 5.74) is 7.88. The van der Waals surface area contributed by atoms with Crippen LogP contribution in [0.25, 0.3) is 0 Å². The van der Waals surface area contributed by atoms with Crippen molar-refractivity contribution < 1.29 is 0 Å². The molecule has 96 valence electrons. The minimum Gasteiger partial charge on any atom is -0.322 e. The third-order valence-corrected chi connectivity index (χ3v) is 4.13. The molecule has 0 spiro atoms. The van der Waals surface area contributed by atoms with Crippen molar-refractivity contribution in [2.24, 2.45) is 24.1 Å². The normalized spacial score (nSPS) is 21.0. The highest BCUT2D eigenvalue weighted by atomic mass is 15.3. The van der Waals surface area contributed by atoms with Crippen LogP contribution in [0.3, 0.4) is 0 Å². The molecule has 1 fully saturated rings. The lowest BCUT2D eigenvalue weighted by Crippen LogP contribution is -2.34. The fourth-order valence-electron chi connectivity index (χ4n) is 3.45. The molecule has 1 unspecified atom stereocenters. The molecule has 3 heteroatoms. The van der Waals surface area contributed by atoms with E-state index in [0.29, 0.717) is 11.3 Å². The summed E-state index contributed by atoms with van der Waals surface area (Å²) in [6.07, 6.45) is 8.41. The van der Waals surface area contributed by atoms with Gasteiger partial charge in [0.15, 0.2) is 0 Å². The number of aryl methyl sites for hydroxylation is 1. The van der Waals surface area contributed by atoms with E-state index in [1.54, 1.807) is 0 Å². The zero-order chi connectivity index (χ0) is 12.5. The molecule has 0 saturated heterocycles. The molecule has 1 aromatic rings. The van der Waals surface area contributed by atoms with Crippen LogP contribution in [0.2, 0.25) is 0 Å². The average Bonchev–Trinajstić information content (AvgIpc) is 2.86. The minimum atomic E-state index is 0.105. The Kier molecular flexibility index (Phi) is 3.57. The van der Waals surface area contributed by atoms with E-state index in [4.69, 9.17) is 5.73 Å². The van der Waals surface area contributed by atoms with E-state index in [1.165, 1.54) is 32.1 Å². The molecule has 0 aliphatic heterocycles. The van der Waals surface area contributed by atoms with E-state index >= 15 is 0 Å². The van der Waals surface area contributed by atoms with E-state index in [0.717, 1.165) is 5.69 Å². The molecule has 0 bridgehead atoms. The van der Waals surface area contributed by atoms with Gasteiger partial charge in [-0.3, -0.25) is 4.68 Å². The molecule has 1 saturated carbocycles. The summed E-state index contributed by atoms with van der Waals surface area (Å²) < 4.78 is 1.85. The lowest BCUT2D eigenvalue weighted by atomic mass is 9.72. The van der Waals surface area contributed by atoms with Crippen molar-refractivity contribution in [1.82, 2.24) is 9.78 Å². The Morgan fingerprint density at radius 1 is 1.41 bits per heavy atom. The van der Waals surface area contributed by atoms with Gasteiger partial charge in [-0.1, -0.05) is 26.7 Å². The Labute approximate surface area is 104 Å². The Hall–Kier alpha value is -0.830. The number of aromatic nitrogens is 2. The molecule has 1 aromatic heterocycles. The number of nitrogens with zero attached hydrogens (tertiary/aromatic N) is 2. The molecule has 0 radical (unpaired) electrons. The van der Waals surface area contributed by atoms with Gasteiger partial charge in [-0.25, -0.2) is 0 Å². The zero-order valence-corrected chi connectivity index (χ0v) is 11.3. The van der Waals surface area contributed by atoms with Crippen molar-refractivity contribution in [2.45, 2.75) is 52.0 Å². The molecule has 0 amide bonds. The summed E-state index contributed by atoms with van der Waals surface area (Å²) >= 11 is 0. The Morgan fingerprint density at radius 2 is 2.06 bits per heavy atom. The van der Waals surface area contributed by atoms with Crippen molar-refractivity contribution in [3.05, 3.63) is 18.0 Å². The molecule has 1 atom stereocenters. The minimum absolute atomic E-state index is 0.105. The van der Waals surface area contributed by atoms with E-state index in [9.17, 15) is 0 Å². The van der Waals surface area contributed by atoms with E-state index in [-0.39, 0.29) is 6.04 Å². The van der Waals surface area contributed by atoms with Gasteiger partial charge in [0.2, 0.25) is 0 Å². The molecule has 2 N–H and O–H groups in total. The summed E-state index contributed by atoms with van der Waals surface area (Å²) in [5.74, 6) is 0.711. The van der Waals surface area contributed by atoms with E-state index in [1.807, 2.05) is 17.9 Å². The van der Waals surface area contributed by atoms with Gasteiger partial charge in [0.1, 0.15) is 0 Å². The predicted molar refractivity (Wildman–Crippen MR) is 70.5 cm³/mol. The van der Waals surface area contributed by atoms with Crippen LogP contribution in [0.15, 0.2) is 12.3 Å². The molecular weight excluding hydrogens is 210 g/mol. The van der Waals surface area contributed by atoms with Crippen LogP contribution in [0, 0.1) is 11.3 Å². The number of rotatable bonds is 4. The summed E-state index contributed by atoms with van der Waals surface area (Å²) in [7, 11) is 1.96. The fraction of sp³-hybridized carbons (Fsp3) is 0.786. The summed E-state index contributed by atoms with van der Waals surface area (Å²) in [5, 5.41) is 4.50. The molecular formula is C14H25N3.